The number of benzene rings is 1. The minimum absolute atomic E-state index is 0.175. The smallest absolute Gasteiger partial charge is 0.283 e. The van der Waals surface area contributed by atoms with Crippen LogP contribution in [0.4, 0.5) is 0 Å². The number of aliphatic imine (C=N–C) groups is 1. The lowest BCUT2D eigenvalue weighted by Gasteiger charge is -2.34. The number of fused-ring (bicyclic) bond motifs is 4. The van der Waals surface area contributed by atoms with Gasteiger partial charge in [-0.3, -0.25) is 9.97 Å². The van der Waals surface area contributed by atoms with Crippen molar-refractivity contribution in [3.63, 3.8) is 0 Å². The molecule has 1 atom stereocenters. The van der Waals surface area contributed by atoms with Gasteiger partial charge in [0.25, 0.3) is 6.02 Å². The maximum absolute atomic E-state index is 6.24. The summed E-state index contributed by atoms with van der Waals surface area (Å²) >= 11 is 0. The number of ether oxygens (including phenoxy) is 3. The number of hydrogen-bond donors (Lipinski definition) is 1. The molecule has 3 aliphatic rings. The summed E-state index contributed by atoms with van der Waals surface area (Å²) in [6.07, 6.45) is 8.27. The van der Waals surface area contributed by atoms with Crippen LogP contribution in [0.15, 0.2) is 66.1 Å². The highest BCUT2D eigenvalue weighted by Gasteiger charge is 2.47. The highest BCUT2D eigenvalue weighted by Crippen LogP contribution is 2.51. The third-order valence-corrected chi connectivity index (χ3v) is 5.98. The lowest BCUT2D eigenvalue weighted by atomic mass is 9.80. The van der Waals surface area contributed by atoms with Crippen molar-refractivity contribution in [2.45, 2.75) is 12.0 Å². The Hall–Kier alpha value is -3.71. The van der Waals surface area contributed by atoms with Crippen molar-refractivity contribution in [3.05, 3.63) is 77.9 Å². The van der Waals surface area contributed by atoms with Crippen molar-refractivity contribution < 1.29 is 14.2 Å². The Balaban J connectivity index is 1.53. The van der Waals surface area contributed by atoms with Crippen molar-refractivity contribution in [1.82, 2.24) is 9.97 Å². The average Bonchev–Trinajstić information content (AvgIpc) is 3.22. The average molecular weight is 412 g/mol. The van der Waals surface area contributed by atoms with Gasteiger partial charge in [0.15, 0.2) is 11.3 Å². The molecule has 0 bridgehead atoms. The standard InChI is InChI=1S/C24H20N4O3/c25-23-28-24(14-30-23)18-10-16(17-2-1-7-26-12-17)3-4-21(18)31-22-13-27-20(11-19(22)24)15-5-8-29-9-6-15/h1-5,7,10-13H,6,8-9,14H2,(H2,25,28)/t24-/m0/s1. The Labute approximate surface area is 179 Å². The molecule has 31 heavy (non-hydrogen) atoms. The molecule has 2 aromatic heterocycles. The largest absolute Gasteiger partial charge is 0.462 e. The van der Waals surface area contributed by atoms with Gasteiger partial charge in [-0.2, -0.15) is 0 Å². The molecule has 2 N–H and O–H groups in total. The van der Waals surface area contributed by atoms with E-state index in [-0.39, 0.29) is 6.02 Å². The third kappa shape index (κ3) is 2.89. The molecule has 0 unspecified atom stereocenters. The summed E-state index contributed by atoms with van der Waals surface area (Å²) < 4.78 is 17.4. The molecular weight excluding hydrogens is 392 g/mol. The number of hydrogen-bond acceptors (Lipinski definition) is 7. The van der Waals surface area contributed by atoms with Crippen LogP contribution in [0.25, 0.3) is 16.7 Å². The first-order valence-corrected chi connectivity index (χ1v) is 10.2. The minimum atomic E-state index is -0.783. The number of nitrogens with two attached hydrogens (primary N) is 1. The van der Waals surface area contributed by atoms with Gasteiger partial charge in [0, 0.05) is 29.1 Å². The van der Waals surface area contributed by atoms with Crippen molar-refractivity contribution in [2.75, 3.05) is 19.8 Å². The summed E-state index contributed by atoms with van der Waals surface area (Å²) in [5.74, 6) is 1.39. The first-order valence-electron chi connectivity index (χ1n) is 10.2. The van der Waals surface area contributed by atoms with Gasteiger partial charge in [-0.15, -0.1) is 0 Å². The number of pyridine rings is 2. The monoisotopic (exact) mass is 412 g/mol. The number of nitrogens with zero attached hydrogens (tertiary/aromatic N) is 3. The SMILES string of the molecule is NC1=N[C@@]2(CO1)c1cc(-c3cccnc3)ccc1Oc1cnc(C3=CCOCC3)cc12. The first-order chi connectivity index (χ1) is 15.2. The summed E-state index contributed by atoms with van der Waals surface area (Å²) in [6, 6.07) is 12.3. The Morgan fingerprint density at radius 2 is 1.94 bits per heavy atom. The second-order valence-corrected chi connectivity index (χ2v) is 7.77. The van der Waals surface area contributed by atoms with Crippen LogP contribution in [-0.2, 0) is 15.0 Å². The van der Waals surface area contributed by atoms with Gasteiger partial charge in [0.1, 0.15) is 12.4 Å². The molecule has 1 spiro atoms. The van der Waals surface area contributed by atoms with E-state index in [1.165, 1.54) is 0 Å². The fourth-order valence-corrected chi connectivity index (χ4v) is 4.41. The van der Waals surface area contributed by atoms with Crippen molar-refractivity contribution in [3.8, 4) is 22.6 Å². The van der Waals surface area contributed by atoms with Crippen LogP contribution in [0.3, 0.4) is 0 Å². The fraction of sp³-hybridized carbons (Fsp3) is 0.208. The summed E-state index contributed by atoms with van der Waals surface area (Å²) in [4.78, 5) is 13.7. The summed E-state index contributed by atoms with van der Waals surface area (Å²) in [6.45, 7) is 1.60. The minimum Gasteiger partial charge on any atom is -0.462 e. The van der Waals surface area contributed by atoms with Gasteiger partial charge in [-0.1, -0.05) is 18.2 Å². The summed E-state index contributed by atoms with van der Waals surface area (Å²) in [5.41, 5.74) is 11.2. The molecule has 3 aliphatic heterocycles. The third-order valence-electron chi connectivity index (χ3n) is 5.98. The van der Waals surface area contributed by atoms with Crippen molar-refractivity contribution in [1.29, 1.82) is 0 Å². The van der Waals surface area contributed by atoms with Gasteiger partial charge in [-0.05, 0) is 41.8 Å². The topological polar surface area (TPSA) is 91.9 Å². The Bertz CT molecular complexity index is 1240. The molecule has 3 aromatic rings. The van der Waals surface area contributed by atoms with Gasteiger partial charge in [-0.25, -0.2) is 4.99 Å². The van der Waals surface area contributed by atoms with E-state index in [0.717, 1.165) is 45.7 Å². The molecule has 7 heteroatoms. The normalized spacial score (nSPS) is 21.4. The molecule has 154 valence electrons. The van der Waals surface area contributed by atoms with E-state index in [0.29, 0.717) is 25.6 Å². The predicted molar refractivity (Wildman–Crippen MR) is 116 cm³/mol. The molecule has 1 aromatic carbocycles. The van der Waals surface area contributed by atoms with Gasteiger partial charge in [0.05, 0.1) is 25.1 Å². The van der Waals surface area contributed by atoms with E-state index >= 15 is 0 Å². The molecule has 6 rings (SSSR count). The second kappa shape index (κ2) is 6.92. The highest BCUT2D eigenvalue weighted by molar-refractivity contribution is 5.78. The van der Waals surface area contributed by atoms with E-state index < -0.39 is 5.54 Å². The summed E-state index contributed by atoms with van der Waals surface area (Å²) in [7, 11) is 0. The number of amidine groups is 1. The number of rotatable bonds is 2. The highest BCUT2D eigenvalue weighted by atomic mass is 16.5. The molecule has 0 radical (unpaired) electrons. The zero-order valence-corrected chi connectivity index (χ0v) is 16.7. The predicted octanol–water partition coefficient (Wildman–Crippen LogP) is 3.64. The Kier molecular flexibility index (Phi) is 4.04. The van der Waals surface area contributed by atoms with Gasteiger partial charge < -0.3 is 19.9 Å². The zero-order chi connectivity index (χ0) is 20.8. The van der Waals surface area contributed by atoms with Gasteiger partial charge in [0.2, 0.25) is 0 Å². The maximum Gasteiger partial charge on any atom is 0.283 e. The fourth-order valence-electron chi connectivity index (χ4n) is 4.41. The van der Waals surface area contributed by atoms with E-state index in [1.807, 2.05) is 30.5 Å². The lowest BCUT2D eigenvalue weighted by Crippen LogP contribution is -2.31. The quantitative estimate of drug-likeness (QED) is 0.691. The van der Waals surface area contributed by atoms with E-state index in [4.69, 9.17) is 24.9 Å². The summed E-state index contributed by atoms with van der Waals surface area (Å²) in [5, 5.41) is 0. The zero-order valence-electron chi connectivity index (χ0n) is 16.7. The maximum atomic E-state index is 6.24. The molecule has 5 heterocycles. The van der Waals surface area contributed by atoms with Crippen LogP contribution >= 0.6 is 0 Å². The molecule has 0 saturated heterocycles. The second-order valence-electron chi connectivity index (χ2n) is 7.77. The van der Waals surface area contributed by atoms with Crippen LogP contribution in [0.1, 0.15) is 23.2 Å². The lowest BCUT2D eigenvalue weighted by molar-refractivity contribution is 0.161. The van der Waals surface area contributed by atoms with Crippen LogP contribution in [-0.4, -0.2) is 35.8 Å². The van der Waals surface area contributed by atoms with Crippen LogP contribution < -0.4 is 10.5 Å². The molecule has 7 nitrogen and oxygen atoms in total. The Morgan fingerprint density at radius 1 is 1.00 bits per heavy atom. The molecule has 0 amide bonds. The van der Waals surface area contributed by atoms with Crippen molar-refractivity contribution >= 4 is 11.6 Å². The van der Waals surface area contributed by atoms with Crippen molar-refractivity contribution in [2.24, 2.45) is 10.7 Å². The molecule has 0 saturated carbocycles. The van der Waals surface area contributed by atoms with E-state index in [2.05, 4.69) is 28.2 Å². The Morgan fingerprint density at radius 3 is 2.71 bits per heavy atom. The van der Waals surface area contributed by atoms with E-state index in [1.54, 1.807) is 12.4 Å². The van der Waals surface area contributed by atoms with Crippen LogP contribution in [0.5, 0.6) is 11.5 Å². The van der Waals surface area contributed by atoms with Gasteiger partial charge >= 0.3 is 0 Å². The van der Waals surface area contributed by atoms with E-state index in [9.17, 15) is 0 Å². The molecular formula is C24H20N4O3. The molecule has 0 aliphatic carbocycles. The molecule has 0 fully saturated rings. The van der Waals surface area contributed by atoms with Crippen LogP contribution in [0.2, 0.25) is 0 Å². The first kappa shape index (κ1) is 18.1. The van der Waals surface area contributed by atoms with Crippen LogP contribution in [0, 0.1) is 0 Å². The number of aromatic nitrogens is 2.